The highest BCUT2D eigenvalue weighted by molar-refractivity contribution is 5.93. The minimum absolute atomic E-state index is 0.0590. The Labute approximate surface area is 149 Å². The van der Waals surface area contributed by atoms with Gasteiger partial charge in [-0.3, -0.25) is 14.6 Å². The molecule has 132 valence electrons. The van der Waals surface area contributed by atoms with Crippen LogP contribution >= 0.6 is 0 Å². The lowest BCUT2D eigenvalue weighted by atomic mass is 10.1. The fourth-order valence-electron chi connectivity index (χ4n) is 3.50. The molecule has 9 heteroatoms. The number of nitrogens with zero attached hydrogens (tertiary/aromatic N) is 7. The summed E-state index contributed by atoms with van der Waals surface area (Å²) in [7, 11) is 0. The number of aryl methyl sites for hydroxylation is 1. The number of aromatic nitrogens is 5. The fraction of sp³-hybridized carbons (Fsp3) is 0.353. The van der Waals surface area contributed by atoms with Gasteiger partial charge >= 0.3 is 6.03 Å². The molecule has 0 radical (unpaired) electrons. The molecule has 2 fully saturated rings. The summed E-state index contributed by atoms with van der Waals surface area (Å²) in [5.41, 5.74) is 1.70. The van der Waals surface area contributed by atoms with Gasteiger partial charge in [0, 0.05) is 44.0 Å². The van der Waals surface area contributed by atoms with E-state index in [0.29, 0.717) is 13.1 Å². The first-order valence-corrected chi connectivity index (χ1v) is 8.62. The SMILES string of the molecule is Cc1nc(N2CC(n3cc(N4CCNC4=O)cn3)C2)c2ccncc2n1. The van der Waals surface area contributed by atoms with E-state index in [1.807, 2.05) is 23.9 Å². The zero-order valence-corrected chi connectivity index (χ0v) is 14.3. The van der Waals surface area contributed by atoms with E-state index in [9.17, 15) is 4.79 Å². The summed E-state index contributed by atoms with van der Waals surface area (Å²) in [5.74, 6) is 1.68. The van der Waals surface area contributed by atoms with Gasteiger partial charge in [0.2, 0.25) is 0 Å². The van der Waals surface area contributed by atoms with Crippen molar-refractivity contribution in [2.75, 3.05) is 36.0 Å². The molecule has 0 atom stereocenters. The summed E-state index contributed by atoms with van der Waals surface area (Å²) in [6, 6.07) is 2.16. The Kier molecular flexibility index (Phi) is 3.27. The first kappa shape index (κ1) is 15.1. The van der Waals surface area contributed by atoms with E-state index >= 15 is 0 Å². The summed E-state index contributed by atoms with van der Waals surface area (Å²) < 4.78 is 1.94. The Morgan fingerprint density at radius 2 is 2.12 bits per heavy atom. The van der Waals surface area contributed by atoms with E-state index in [0.717, 1.165) is 41.3 Å². The molecule has 0 saturated carbocycles. The molecule has 3 aromatic rings. The Bertz CT molecular complexity index is 993. The Morgan fingerprint density at radius 3 is 2.92 bits per heavy atom. The molecule has 9 nitrogen and oxygen atoms in total. The minimum Gasteiger partial charge on any atom is -0.352 e. The van der Waals surface area contributed by atoms with E-state index in [-0.39, 0.29) is 12.1 Å². The number of hydrogen-bond acceptors (Lipinski definition) is 6. The van der Waals surface area contributed by atoms with Crippen LogP contribution in [-0.2, 0) is 0 Å². The number of nitrogens with one attached hydrogen (secondary N) is 1. The summed E-state index contributed by atoms with van der Waals surface area (Å²) >= 11 is 0. The molecular weight excluding hydrogens is 332 g/mol. The molecule has 2 aliphatic rings. The number of rotatable bonds is 3. The molecule has 0 unspecified atom stereocenters. The molecule has 2 aliphatic heterocycles. The first-order valence-electron chi connectivity index (χ1n) is 8.62. The van der Waals surface area contributed by atoms with Crippen molar-refractivity contribution in [1.82, 2.24) is 30.0 Å². The Hall–Kier alpha value is -3.23. The van der Waals surface area contributed by atoms with Crippen molar-refractivity contribution >= 4 is 28.4 Å². The van der Waals surface area contributed by atoms with E-state index in [2.05, 4.69) is 30.3 Å². The largest absolute Gasteiger partial charge is 0.352 e. The van der Waals surface area contributed by atoms with Crippen molar-refractivity contribution in [3.63, 3.8) is 0 Å². The van der Waals surface area contributed by atoms with Crippen LogP contribution in [0.1, 0.15) is 11.9 Å². The maximum Gasteiger partial charge on any atom is 0.322 e. The van der Waals surface area contributed by atoms with Crippen LogP contribution in [0.5, 0.6) is 0 Å². The standard InChI is InChI=1S/C17H18N8O/c1-11-21-15-7-18-3-2-14(15)16(22-11)23-8-13(9-23)25-10-12(6-20-25)24-5-4-19-17(24)26/h2-3,6-7,10,13H,4-5,8-9H2,1H3,(H,19,26). The van der Waals surface area contributed by atoms with Crippen molar-refractivity contribution in [2.45, 2.75) is 13.0 Å². The van der Waals surface area contributed by atoms with Crippen molar-refractivity contribution in [3.8, 4) is 0 Å². The van der Waals surface area contributed by atoms with E-state index < -0.39 is 0 Å². The minimum atomic E-state index is -0.0590. The number of fused-ring (bicyclic) bond motifs is 1. The van der Waals surface area contributed by atoms with Gasteiger partial charge in [0.25, 0.3) is 0 Å². The maximum absolute atomic E-state index is 11.8. The van der Waals surface area contributed by atoms with Crippen LogP contribution in [0.2, 0.25) is 0 Å². The van der Waals surface area contributed by atoms with Gasteiger partial charge in [-0.2, -0.15) is 5.10 Å². The number of carbonyl (C=O) groups excluding carboxylic acids is 1. The number of amides is 2. The lowest BCUT2D eigenvalue weighted by Gasteiger charge is -2.40. The molecule has 0 spiro atoms. The molecule has 0 aliphatic carbocycles. The summed E-state index contributed by atoms with van der Waals surface area (Å²) in [6.07, 6.45) is 7.23. The maximum atomic E-state index is 11.8. The van der Waals surface area contributed by atoms with Crippen molar-refractivity contribution in [2.24, 2.45) is 0 Å². The van der Waals surface area contributed by atoms with Crippen LogP contribution in [0, 0.1) is 6.92 Å². The zero-order chi connectivity index (χ0) is 17.7. The van der Waals surface area contributed by atoms with Crippen LogP contribution in [-0.4, -0.2) is 56.9 Å². The molecule has 0 bridgehead atoms. The van der Waals surface area contributed by atoms with Gasteiger partial charge in [0.05, 0.1) is 29.6 Å². The lowest BCUT2D eigenvalue weighted by molar-refractivity contribution is 0.252. The van der Waals surface area contributed by atoms with Crippen LogP contribution in [0.15, 0.2) is 30.9 Å². The molecular formula is C17H18N8O. The third-order valence-corrected chi connectivity index (χ3v) is 4.88. The van der Waals surface area contributed by atoms with Crippen LogP contribution in [0.25, 0.3) is 10.9 Å². The van der Waals surface area contributed by atoms with Gasteiger partial charge < -0.3 is 10.2 Å². The number of carbonyl (C=O) groups is 1. The molecule has 2 saturated heterocycles. The smallest absolute Gasteiger partial charge is 0.322 e. The predicted molar refractivity (Wildman–Crippen MR) is 96.3 cm³/mol. The van der Waals surface area contributed by atoms with Crippen molar-refractivity contribution < 1.29 is 4.79 Å². The molecule has 1 N–H and O–H groups in total. The van der Waals surface area contributed by atoms with Crippen LogP contribution in [0.4, 0.5) is 16.3 Å². The average Bonchev–Trinajstić information content (AvgIpc) is 3.22. The number of anilines is 2. The predicted octanol–water partition coefficient (Wildman–Crippen LogP) is 1.12. The van der Waals surface area contributed by atoms with E-state index in [1.54, 1.807) is 23.5 Å². The number of pyridine rings is 1. The zero-order valence-electron chi connectivity index (χ0n) is 14.3. The lowest BCUT2D eigenvalue weighted by Crippen LogP contribution is -2.48. The third-order valence-electron chi connectivity index (χ3n) is 4.88. The monoisotopic (exact) mass is 350 g/mol. The molecule has 5 rings (SSSR count). The van der Waals surface area contributed by atoms with Crippen molar-refractivity contribution in [1.29, 1.82) is 0 Å². The van der Waals surface area contributed by atoms with E-state index in [1.165, 1.54) is 0 Å². The highest BCUT2D eigenvalue weighted by Crippen LogP contribution is 2.31. The molecule has 26 heavy (non-hydrogen) atoms. The quantitative estimate of drug-likeness (QED) is 0.761. The summed E-state index contributed by atoms with van der Waals surface area (Å²) in [5, 5.41) is 8.27. The second kappa shape index (κ2) is 5.65. The van der Waals surface area contributed by atoms with Crippen molar-refractivity contribution in [3.05, 3.63) is 36.7 Å². The van der Waals surface area contributed by atoms with Gasteiger partial charge in [-0.25, -0.2) is 14.8 Å². The highest BCUT2D eigenvalue weighted by atomic mass is 16.2. The van der Waals surface area contributed by atoms with Gasteiger partial charge in [0.15, 0.2) is 0 Å². The fourth-order valence-corrected chi connectivity index (χ4v) is 3.50. The number of hydrogen-bond donors (Lipinski definition) is 1. The van der Waals surface area contributed by atoms with Gasteiger partial charge in [-0.05, 0) is 13.0 Å². The summed E-state index contributed by atoms with van der Waals surface area (Å²) in [4.78, 5) is 28.9. The number of urea groups is 1. The average molecular weight is 350 g/mol. The Morgan fingerprint density at radius 1 is 1.23 bits per heavy atom. The molecule has 5 heterocycles. The molecule has 3 aromatic heterocycles. The highest BCUT2D eigenvalue weighted by Gasteiger charge is 2.32. The van der Waals surface area contributed by atoms with Gasteiger partial charge in [-0.1, -0.05) is 0 Å². The molecule has 0 aromatic carbocycles. The Balaban J connectivity index is 1.35. The van der Waals surface area contributed by atoms with Gasteiger partial charge in [0.1, 0.15) is 11.6 Å². The summed E-state index contributed by atoms with van der Waals surface area (Å²) in [6.45, 7) is 4.90. The van der Waals surface area contributed by atoms with Crippen LogP contribution < -0.4 is 15.1 Å². The second-order valence-corrected chi connectivity index (χ2v) is 6.61. The normalized spacial score (nSPS) is 17.7. The third kappa shape index (κ3) is 2.35. The van der Waals surface area contributed by atoms with E-state index in [4.69, 9.17) is 0 Å². The topological polar surface area (TPSA) is 92.1 Å². The van der Waals surface area contributed by atoms with Crippen LogP contribution in [0.3, 0.4) is 0 Å². The van der Waals surface area contributed by atoms with Gasteiger partial charge in [-0.15, -0.1) is 0 Å². The molecule has 2 amide bonds. The second-order valence-electron chi connectivity index (χ2n) is 6.61. The first-order chi connectivity index (χ1) is 12.7.